The Balaban J connectivity index is 1.50. The number of aryl methyl sites for hydroxylation is 1. The normalized spacial score (nSPS) is 23.5. The highest BCUT2D eigenvalue weighted by Gasteiger charge is 2.34. The number of piperidine rings is 1. The van der Waals surface area contributed by atoms with Crippen molar-refractivity contribution in [3.63, 3.8) is 0 Å². The van der Waals surface area contributed by atoms with E-state index in [-0.39, 0.29) is 29.6 Å². The topological polar surface area (TPSA) is 126 Å². The Morgan fingerprint density at radius 2 is 1.93 bits per heavy atom. The number of aliphatic imine (C=N–C) groups is 2. The Morgan fingerprint density at radius 1 is 1.21 bits per heavy atom. The van der Waals surface area contributed by atoms with Crippen LogP contribution < -0.4 is 5.32 Å². The Labute approximate surface area is 169 Å². The Kier molecular flexibility index (Phi) is 5.11. The third kappa shape index (κ3) is 4.01. The molecule has 1 saturated carbocycles. The first-order chi connectivity index (χ1) is 13.7. The van der Waals surface area contributed by atoms with E-state index in [0.717, 1.165) is 25.0 Å². The number of carbonyl (C=O) groups excluding carboxylic acids is 2. The van der Waals surface area contributed by atoms with Gasteiger partial charge < -0.3 is 5.32 Å². The van der Waals surface area contributed by atoms with E-state index >= 15 is 0 Å². The number of rotatable bonds is 3. The van der Waals surface area contributed by atoms with Gasteiger partial charge in [-0.05, 0) is 39.0 Å². The lowest BCUT2D eigenvalue weighted by Crippen LogP contribution is -2.41. The molecule has 0 radical (unpaired) electrons. The predicted molar refractivity (Wildman–Crippen MR) is 107 cm³/mol. The van der Waals surface area contributed by atoms with Crippen LogP contribution in [0.25, 0.3) is 0 Å². The first kappa shape index (κ1) is 19.9. The Hall–Kier alpha value is -2.40. The second-order valence-electron chi connectivity index (χ2n) is 7.81. The molecule has 0 spiro atoms. The van der Waals surface area contributed by atoms with E-state index in [1.54, 1.807) is 13.0 Å². The molecular formula is C18H24N6O4S. The molecule has 156 valence electrons. The van der Waals surface area contributed by atoms with Crippen molar-refractivity contribution in [2.24, 2.45) is 21.8 Å². The largest absolute Gasteiger partial charge is 0.310 e. The van der Waals surface area contributed by atoms with E-state index in [9.17, 15) is 18.0 Å². The van der Waals surface area contributed by atoms with Crippen molar-refractivity contribution in [1.82, 2.24) is 14.1 Å². The Morgan fingerprint density at radius 3 is 2.62 bits per heavy atom. The van der Waals surface area contributed by atoms with Crippen molar-refractivity contribution in [1.29, 1.82) is 0 Å². The molecule has 1 aliphatic carbocycles. The van der Waals surface area contributed by atoms with Gasteiger partial charge in [-0.15, -0.1) is 0 Å². The minimum absolute atomic E-state index is 0.179. The molecule has 10 nitrogen and oxygen atoms in total. The van der Waals surface area contributed by atoms with Crippen LogP contribution >= 0.6 is 0 Å². The average molecular weight is 420 g/mol. The van der Waals surface area contributed by atoms with E-state index in [2.05, 4.69) is 20.4 Å². The summed E-state index contributed by atoms with van der Waals surface area (Å²) >= 11 is 0. The van der Waals surface area contributed by atoms with Gasteiger partial charge >= 0.3 is 0 Å². The highest BCUT2D eigenvalue weighted by molar-refractivity contribution is 7.88. The average Bonchev–Trinajstić information content (AvgIpc) is 3.27. The summed E-state index contributed by atoms with van der Waals surface area (Å²) in [6.45, 7) is 2.43. The summed E-state index contributed by atoms with van der Waals surface area (Å²) in [6.07, 6.45) is 4.56. The van der Waals surface area contributed by atoms with Crippen LogP contribution in [0.15, 0.2) is 16.1 Å². The number of aromatic nitrogens is 2. The molecule has 1 N–H and O–H groups in total. The zero-order chi connectivity index (χ0) is 20.8. The van der Waals surface area contributed by atoms with Gasteiger partial charge in [0.25, 0.3) is 11.9 Å². The third-order valence-electron chi connectivity index (χ3n) is 5.65. The number of nitrogens with one attached hydrogen (secondary N) is 1. The van der Waals surface area contributed by atoms with Crippen LogP contribution in [0.3, 0.4) is 0 Å². The number of sulfonamides is 1. The summed E-state index contributed by atoms with van der Waals surface area (Å²) in [4.78, 5) is 33.7. The van der Waals surface area contributed by atoms with Crippen LogP contribution in [0.5, 0.6) is 0 Å². The molecule has 0 bridgehead atoms. The standard InChI is InChI=1S/C18H24N6O4S/c1-11-10-15(20-16(25)12-6-8-23(9-7-12)29(2,27)28)24(22-11)18-19-14-5-3-4-13(14)17(26)21-18/h10,12-13H,3-9H2,1-2H3,(H,20,25). The zero-order valence-corrected chi connectivity index (χ0v) is 17.3. The molecule has 1 aromatic rings. The lowest BCUT2D eigenvalue weighted by molar-refractivity contribution is -0.121. The summed E-state index contributed by atoms with van der Waals surface area (Å²) in [6, 6.07) is 1.71. The highest BCUT2D eigenvalue weighted by atomic mass is 32.2. The minimum atomic E-state index is -3.24. The van der Waals surface area contributed by atoms with Crippen molar-refractivity contribution in [3.8, 4) is 0 Å². The maximum Gasteiger partial charge on any atom is 0.257 e. The van der Waals surface area contributed by atoms with E-state index in [0.29, 0.717) is 37.4 Å². The summed E-state index contributed by atoms with van der Waals surface area (Å²) in [7, 11) is -3.24. The van der Waals surface area contributed by atoms with Gasteiger partial charge in [0.2, 0.25) is 15.9 Å². The van der Waals surface area contributed by atoms with Crippen molar-refractivity contribution < 1.29 is 18.0 Å². The number of carbonyl (C=O) groups is 2. The van der Waals surface area contributed by atoms with Gasteiger partial charge in [-0.1, -0.05) is 0 Å². The van der Waals surface area contributed by atoms with Gasteiger partial charge in [-0.3, -0.25) is 9.59 Å². The number of fused-ring (bicyclic) bond motifs is 1. The van der Waals surface area contributed by atoms with Crippen molar-refractivity contribution >= 4 is 39.3 Å². The molecule has 11 heteroatoms. The third-order valence-corrected chi connectivity index (χ3v) is 6.95. The summed E-state index contributed by atoms with van der Waals surface area (Å²) in [5.74, 6) is -0.330. The van der Waals surface area contributed by atoms with E-state index < -0.39 is 10.0 Å². The molecule has 3 aliphatic rings. The van der Waals surface area contributed by atoms with Crippen LogP contribution in [-0.4, -0.2) is 65.3 Å². The lowest BCUT2D eigenvalue weighted by atomic mass is 9.97. The van der Waals surface area contributed by atoms with Crippen molar-refractivity contribution in [2.75, 3.05) is 24.7 Å². The van der Waals surface area contributed by atoms with Gasteiger partial charge in [0.05, 0.1) is 17.9 Å². The van der Waals surface area contributed by atoms with Crippen LogP contribution in [0, 0.1) is 18.8 Å². The first-order valence-corrected chi connectivity index (χ1v) is 11.6. The minimum Gasteiger partial charge on any atom is -0.310 e. The maximum atomic E-state index is 12.8. The molecule has 3 heterocycles. The second kappa shape index (κ2) is 7.45. The molecule has 2 fully saturated rings. The number of nitrogens with zero attached hydrogens (tertiary/aromatic N) is 5. The molecule has 1 unspecified atom stereocenters. The smallest absolute Gasteiger partial charge is 0.257 e. The molecule has 29 heavy (non-hydrogen) atoms. The number of amides is 2. The maximum absolute atomic E-state index is 12.8. The molecule has 2 amide bonds. The van der Waals surface area contributed by atoms with Crippen LogP contribution in [-0.2, 0) is 19.6 Å². The fourth-order valence-electron chi connectivity index (χ4n) is 4.07. The Bertz CT molecular complexity index is 1020. The molecule has 2 aliphatic heterocycles. The van der Waals surface area contributed by atoms with Gasteiger partial charge in [0, 0.05) is 30.8 Å². The lowest BCUT2D eigenvalue weighted by Gasteiger charge is -2.29. The van der Waals surface area contributed by atoms with Crippen molar-refractivity contribution in [3.05, 3.63) is 11.8 Å². The van der Waals surface area contributed by atoms with Crippen LogP contribution in [0.4, 0.5) is 5.82 Å². The van der Waals surface area contributed by atoms with Crippen LogP contribution in [0.2, 0.25) is 0 Å². The molecule has 4 rings (SSSR count). The number of hydrogen-bond donors (Lipinski definition) is 1. The summed E-state index contributed by atoms with van der Waals surface area (Å²) in [5.41, 5.74) is 1.50. The number of anilines is 1. The van der Waals surface area contributed by atoms with E-state index in [4.69, 9.17) is 0 Å². The summed E-state index contributed by atoms with van der Waals surface area (Å²) < 4.78 is 26.1. The highest BCUT2D eigenvalue weighted by Crippen LogP contribution is 2.28. The van der Waals surface area contributed by atoms with Gasteiger partial charge in [0.15, 0.2) is 0 Å². The molecule has 1 aromatic heterocycles. The zero-order valence-electron chi connectivity index (χ0n) is 16.5. The quantitative estimate of drug-likeness (QED) is 0.773. The van der Waals surface area contributed by atoms with Gasteiger partial charge in [-0.2, -0.15) is 14.8 Å². The first-order valence-electron chi connectivity index (χ1n) is 9.75. The van der Waals surface area contributed by atoms with Crippen LogP contribution in [0.1, 0.15) is 37.8 Å². The van der Waals surface area contributed by atoms with Gasteiger partial charge in [-0.25, -0.2) is 17.7 Å². The van der Waals surface area contributed by atoms with Crippen molar-refractivity contribution in [2.45, 2.75) is 39.0 Å². The number of hydrogen-bond acceptors (Lipinski definition) is 6. The molecular weight excluding hydrogens is 396 g/mol. The molecule has 0 aromatic carbocycles. The molecule has 1 atom stereocenters. The monoisotopic (exact) mass is 420 g/mol. The van der Waals surface area contributed by atoms with Gasteiger partial charge in [0.1, 0.15) is 5.82 Å². The fourth-order valence-corrected chi connectivity index (χ4v) is 4.95. The fraction of sp³-hybridized carbons (Fsp3) is 0.611. The van der Waals surface area contributed by atoms with E-state index in [1.165, 1.54) is 15.2 Å². The molecule has 1 saturated heterocycles. The SMILES string of the molecule is Cc1cc(NC(=O)C2CCN(S(C)(=O)=O)CC2)n(C2=NC(=O)C3CCCC3=N2)n1. The predicted octanol–water partition coefficient (Wildman–Crippen LogP) is 0.787. The summed E-state index contributed by atoms with van der Waals surface area (Å²) in [5, 5.41) is 7.21. The second-order valence-corrected chi connectivity index (χ2v) is 9.79. The van der Waals surface area contributed by atoms with E-state index in [1.807, 2.05) is 0 Å².